The van der Waals surface area contributed by atoms with Crippen molar-refractivity contribution in [3.63, 3.8) is 0 Å². The molecule has 0 saturated carbocycles. The van der Waals surface area contributed by atoms with Crippen LogP contribution in [0.5, 0.6) is 0 Å². The first-order chi connectivity index (χ1) is 14.2. The van der Waals surface area contributed by atoms with Gasteiger partial charge in [-0.25, -0.2) is 13.2 Å². The highest BCUT2D eigenvalue weighted by Crippen LogP contribution is 2.23. The molecular formula is C19H17Cl2N3O5S. The van der Waals surface area contributed by atoms with Crippen LogP contribution in [0, 0.1) is 0 Å². The molecule has 1 heterocycles. The molecule has 30 heavy (non-hydrogen) atoms. The molecular weight excluding hydrogens is 453 g/mol. The Morgan fingerprint density at radius 1 is 1.20 bits per heavy atom. The third-order valence-electron chi connectivity index (χ3n) is 4.16. The third kappa shape index (κ3) is 5.10. The lowest BCUT2D eigenvalue weighted by Gasteiger charge is -2.10. The highest BCUT2D eigenvalue weighted by Gasteiger charge is 2.31. The number of hydrogen-bond donors (Lipinski definition) is 2. The maximum absolute atomic E-state index is 12.2. The van der Waals surface area contributed by atoms with Crippen molar-refractivity contribution in [1.29, 1.82) is 0 Å². The van der Waals surface area contributed by atoms with Crippen molar-refractivity contribution in [3.8, 4) is 0 Å². The Hall–Kier alpha value is -2.62. The number of rotatable bonds is 6. The van der Waals surface area contributed by atoms with Gasteiger partial charge in [-0.3, -0.25) is 14.5 Å². The summed E-state index contributed by atoms with van der Waals surface area (Å²) in [6.07, 6.45) is 0. The Morgan fingerprint density at radius 3 is 2.67 bits per heavy atom. The van der Waals surface area contributed by atoms with E-state index >= 15 is 0 Å². The molecule has 0 spiro atoms. The van der Waals surface area contributed by atoms with Crippen LogP contribution in [-0.2, 0) is 30.9 Å². The fourth-order valence-electron chi connectivity index (χ4n) is 2.64. The second kappa shape index (κ2) is 9.03. The van der Waals surface area contributed by atoms with Crippen molar-refractivity contribution in [2.24, 2.45) is 4.99 Å². The molecule has 0 aliphatic carbocycles. The Morgan fingerprint density at radius 2 is 1.93 bits per heavy atom. The highest BCUT2D eigenvalue weighted by atomic mass is 35.5. The molecule has 0 bridgehead atoms. The first-order valence-electron chi connectivity index (χ1n) is 8.74. The standard InChI is InChI=1S/C19H17Cl2N3O5S/c1-11(23-18-14-4-2-3-5-16(14)30(27,28)24-18)19(26)29-10-17(25)22-9-12-6-7-13(20)8-15(12)21/h2-8,11H,9-10H2,1H3,(H,22,25)(H,23,24)/t11-/m0/s1. The number of amides is 1. The first-order valence-corrected chi connectivity index (χ1v) is 11.0. The van der Waals surface area contributed by atoms with E-state index in [1.54, 1.807) is 36.4 Å². The monoisotopic (exact) mass is 469 g/mol. The third-order valence-corrected chi connectivity index (χ3v) is 6.15. The number of sulfonamides is 1. The van der Waals surface area contributed by atoms with Crippen LogP contribution in [0.15, 0.2) is 52.4 Å². The van der Waals surface area contributed by atoms with Crippen LogP contribution in [0.2, 0.25) is 10.0 Å². The maximum Gasteiger partial charge on any atom is 0.331 e. The first kappa shape index (κ1) is 22.1. The summed E-state index contributed by atoms with van der Waals surface area (Å²) in [5, 5.41) is 3.46. The molecule has 0 aromatic heterocycles. The average Bonchev–Trinajstić information content (AvgIpc) is 2.95. The number of carbonyl (C=O) groups is 2. The maximum atomic E-state index is 12.2. The molecule has 3 rings (SSSR count). The van der Waals surface area contributed by atoms with Crippen LogP contribution in [0.1, 0.15) is 18.1 Å². The number of esters is 1. The summed E-state index contributed by atoms with van der Waals surface area (Å²) in [6.45, 7) is 1.07. The number of amidine groups is 1. The Bertz CT molecular complexity index is 1130. The van der Waals surface area contributed by atoms with Gasteiger partial charge >= 0.3 is 5.97 Å². The summed E-state index contributed by atoms with van der Waals surface area (Å²) in [4.78, 5) is 28.3. The van der Waals surface area contributed by atoms with Gasteiger partial charge in [-0.15, -0.1) is 0 Å². The van der Waals surface area contributed by atoms with Gasteiger partial charge in [0.2, 0.25) is 0 Å². The van der Waals surface area contributed by atoms with E-state index in [9.17, 15) is 18.0 Å². The van der Waals surface area contributed by atoms with E-state index in [0.717, 1.165) is 0 Å². The van der Waals surface area contributed by atoms with Crippen LogP contribution < -0.4 is 10.0 Å². The minimum atomic E-state index is -3.71. The number of carbonyl (C=O) groups excluding carboxylic acids is 2. The fraction of sp³-hybridized carbons (Fsp3) is 0.211. The molecule has 0 saturated heterocycles. The van der Waals surface area contributed by atoms with E-state index in [1.165, 1.54) is 13.0 Å². The predicted octanol–water partition coefficient (Wildman–Crippen LogP) is 2.28. The summed E-state index contributed by atoms with van der Waals surface area (Å²) in [7, 11) is -3.71. The molecule has 2 aromatic rings. The number of hydrogen-bond acceptors (Lipinski definition) is 6. The Balaban J connectivity index is 1.55. The van der Waals surface area contributed by atoms with Gasteiger partial charge in [0.1, 0.15) is 11.9 Å². The van der Waals surface area contributed by atoms with Gasteiger partial charge in [0.25, 0.3) is 15.9 Å². The van der Waals surface area contributed by atoms with Gasteiger partial charge in [-0.05, 0) is 36.8 Å². The van der Waals surface area contributed by atoms with Gasteiger partial charge < -0.3 is 10.1 Å². The van der Waals surface area contributed by atoms with Gasteiger partial charge in [-0.1, -0.05) is 41.4 Å². The predicted molar refractivity (Wildman–Crippen MR) is 112 cm³/mol. The van der Waals surface area contributed by atoms with Crippen LogP contribution in [-0.4, -0.2) is 38.8 Å². The molecule has 8 nitrogen and oxygen atoms in total. The number of aliphatic imine (C=N–C) groups is 1. The summed E-state index contributed by atoms with van der Waals surface area (Å²) < 4.78 is 31.4. The number of nitrogens with one attached hydrogen (secondary N) is 2. The number of halogens is 2. The zero-order chi connectivity index (χ0) is 21.9. The molecule has 1 atom stereocenters. The molecule has 2 aromatic carbocycles. The van der Waals surface area contributed by atoms with E-state index in [-0.39, 0.29) is 17.3 Å². The van der Waals surface area contributed by atoms with Crippen molar-refractivity contribution in [2.45, 2.75) is 24.4 Å². The summed E-state index contributed by atoms with van der Waals surface area (Å²) in [5.74, 6) is -1.25. The van der Waals surface area contributed by atoms with Gasteiger partial charge in [-0.2, -0.15) is 0 Å². The SMILES string of the molecule is C[C@H](N=C1NS(=O)(=O)c2ccccc21)C(=O)OCC(=O)NCc1ccc(Cl)cc1Cl. The summed E-state index contributed by atoms with van der Waals surface area (Å²) >= 11 is 11.9. The molecule has 0 fully saturated rings. The molecule has 1 amide bonds. The quantitative estimate of drug-likeness (QED) is 0.629. The second-order valence-electron chi connectivity index (χ2n) is 6.38. The fourth-order valence-corrected chi connectivity index (χ4v) is 4.36. The minimum Gasteiger partial charge on any atom is -0.454 e. The van der Waals surface area contributed by atoms with E-state index in [0.29, 0.717) is 21.2 Å². The lowest BCUT2D eigenvalue weighted by atomic mass is 10.2. The topological polar surface area (TPSA) is 114 Å². The van der Waals surface area contributed by atoms with Crippen LogP contribution in [0.25, 0.3) is 0 Å². The average molecular weight is 470 g/mol. The second-order valence-corrected chi connectivity index (χ2v) is 8.87. The van der Waals surface area contributed by atoms with Crippen molar-refractivity contribution < 1.29 is 22.7 Å². The van der Waals surface area contributed by atoms with E-state index < -0.39 is 34.5 Å². The van der Waals surface area contributed by atoms with Crippen LogP contribution in [0.4, 0.5) is 0 Å². The Kier molecular flexibility index (Phi) is 6.64. The number of nitrogens with zero attached hydrogens (tertiary/aromatic N) is 1. The summed E-state index contributed by atoms with van der Waals surface area (Å²) in [6, 6.07) is 10.1. The van der Waals surface area contributed by atoms with Crippen molar-refractivity contribution in [1.82, 2.24) is 10.0 Å². The lowest BCUT2D eigenvalue weighted by molar-refractivity contribution is -0.149. The number of ether oxygens (including phenoxy) is 1. The van der Waals surface area contributed by atoms with E-state index in [2.05, 4.69) is 15.0 Å². The number of fused-ring (bicyclic) bond motifs is 1. The number of benzene rings is 2. The molecule has 0 unspecified atom stereocenters. The van der Waals surface area contributed by atoms with Gasteiger partial charge in [0.15, 0.2) is 6.61 Å². The van der Waals surface area contributed by atoms with Gasteiger partial charge in [0, 0.05) is 22.2 Å². The van der Waals surface area contributed by atoms with Crippen molar-refractivity contribution >= 4 is 50.9 Å². The Labute approximate surface area is 183 Å². The van der Waals surface area contributed by atoms with Crippen molar-refractivity contribution in [3.05, 3.63) is 63.6 Å². The molecule has 158 valence electrons. The molecule has 1 aliphatic heterocycles. The normalized spacial score (nSPS) is 16.4. The van der Waals surface area contributed by atoms with Crippen LogP contribution in [0.3, 0.4) is 0 Å². The lowest BCUT2D eigenvalue weighted by Crippen LogP contribution is -2.31. The molecule has 1 aliphatic rings. The van der Waals surface area contributed by atoms with E-state index in [4.69, 9.17) is 27.9 Å². The van der Waals surface area contributed by atoms with Crippen molar-refractivity contribution in [2.75, 3.05) is 6.61 Å². The zero-order valence-electron chi connectivity index (χ0n) is 15.7. The summed E-state index contributed by atoms with van der Waals surface area (Å²) in [5.41, 5.74) is 1.03. The molecule has 0 radical (unpaired) electrons. The van der Waals surface area contributed by atoms with Crippen LogP contribution >= 0.6 is 23.2 Å². The highest BCUT2D eigenvalue weighted by molar-refractivity contribution is 7.90. The van der Waals surface area contributed by atoms with E-state index in [1.807, 2.05) is 0 Å². The molecule has 11 heteroatoms. The smallest absolute Gasteiger partial charge is 0.331 e. The van der Waals surface area contributed by atoms with Gasteiger partial charge in [0.05, 0.1) is 4.90 Å². The minimum absolute atomic E-state index is 0.0527. The molecule has 2 N–H and O–H groups in total. The zero-order valence-corrected chi connectivity index (χ0v) is 18.0. The largest absolute Gasteiger partial charge is 0.454 e.